The second-order valence-electron chi connectivity index (χ2n) is 4.40. The maximum atomic E-state index is 11.9. The molecule has 1 aliphatic rings. The van der Waals surface area contributed by atoms with Gasteiger partial charge in [-0.15, -0.1) is 0 Å². The number of hydrogen-bond donors (Lipinski definition) is 1. The highest BCUT2D eigenvalue weighted by molar-refractivity contribution is 6.00. The Hall–Kier alpha value is -1.69. The van der Waals surface area contributed by atoms with Crippen LogP contribution >= 0.6 is 0 Å². The van der Waals surface area contributed by atoms with Gasteiger partial charge < -0.3 is 5.32 Å². The van der Waals surface area contributed by atoms with Crippen LogP contribution in [0.25, 0.3) is 0 Å². The third-order valence-corrected chi connectivity index (χ3v) is 3.28. The van der Waals surface area contributed by atoms with Gasteiger partial charge in [-0.3, -0.25) is 19.2 Å². The van der Waals surface area contributed by atoms with E-state index in [-0.39, 0.29) is 17.9 Å². The minimum atomic E-state index is -0.270. The topological polar surface area (TPSA) is 67.2 Å². The lowest BCUT2D eigenvalue weighted by Gasteiger charge is -2.28. The molecule has 0 saturated carbocycles. The molecule has 98 valence electrons. The first kappa shape index (κ1) is 12.8. The minimum Gasteiger partial charge on any atom is -0.300 e. The molecular formula is C12H18N4O2. The fraction of sp³-hybridized carbons (Fsp3) is 0.583. The molecule has 0 radical (unpaired) electrons. The fourth-order valence-electron chi connectivity index (χ4n) is 2.13. The molecule has 2 rings (SSSR count). The third kappa shape index (κ3) is 2.43. The van der Waals surface area contributed by atoms with E-state index in [0.717, 1.165) is 12.2 Å². The number of carbonyl (C=O) groups excluding carboxylic acids is 2. The normalized spacial score (nSPS) is 20.6. The number of carbonyl (C=O) groups is 2. The first-order valence-electron chi connectivity index (χ1n) is 6.18. The standard InChI is InChI=1S/C12H18N4O2/c1-3-16-9(6-7-14-16)8-13-10-4-5-11(17)15(2)12(10)18/h6-7,10,13H,3-5,8H2,1-2H3. The van der Waals surface area contributed by atoms with Crippen molar-refractivity contribution in [3.8, 4) is 0 Å². The van der Waals surface area contributed by atoms with E-state index < -0.39 is 0 Å². The molecule has 1 unspecified atom stereocenters. The van der Waals surface area contributed by atoms with Gasteiger partial charge >= 0.3 is 0 Å². The van der Waals surface area contributed by atoms with Gasteiger partial charge in [0, 0.05) is 32.8 Å². The molecule has 2 amide bonds. The van der Waals surface area contributed by atoms with Gasteiger partial charge in [-0.1, -0.05) is 0 Å². The number of aryl methyl sites for hydroxylation is 1. The van der Waals surface area contributed by atoms with Crippen molar-refractivity contribution >= 4 is 11.8 Å². The van der Waals surface area contributed by atoms with Crippen LogP contribution < -0.4 is 5.32 Å². The molecule has 6 heteroatoms. The van der Waals surface area contributed by atoms with Crippen LogP contribution in [0.5, 0.6) is 0 Å². The summed E-state index contributed by atoms with van der Waals surface area (Å²) in [6, 6.07) is 1.66. The van der Waals surface area contributed by atoms with Crippen LogP contribution in [0, 0.1) is 0 Å². The Bertz CT molecular complexity index is 455. The molecule has 1 aromatic heterocycles. The molecule has 6 nitrogen and oxygen atoms in total. The van der Waals surface area contributed by atoms with Crippen LogP contribution in [-0.4, -0.2) is 39.6 Å². The summed E-state index contributed by atoms with van der Waals surface area (Å²) in [5, 5.41) is 7.37. The summed E-state index contributed by atoms with van der Waals surface area (Å²) in [6.07, 6.45) is 2.74. The summed E-state index contributed by atoms with van der Waals surface area (Å²) in [6.45, 7) is 3.42. The average Bonchev–Trinajstić information content (AvgIpc) is 2.82. The van der Waals surface area contributed by atoms with E-state index in [4.69, 9.17) is 0 Å². The van der Waals surface area contributed by atoms with E-state index in [1.807, 2.05) is 17.7 Å². The smallest absolute Gasteiger partial charge is 0.246 e. The van der Waals surface area contributed by atoms with E-state index in [9.17, 15) is 9.59 Å². The van der Waals surface area contributed by atoms with Crippen LogP contribution in [0.3, 0.4) is 0 Å². The Morgan fingerprint density at radius 3 is 3.00 bits per heavy atom. The summed E-state index contributed by atoms with van der Waals surface area (Å²) in [5.74, 6) is -0.245. The van der Waals surface area contributed by atoms with Gasteiger partial charge in [-0.05, 0) is 19.4 Å². The molecule has 1 fully saturated rings. The molecule has 1 aromatic rings. The van der Waals surface area contributed by atoms with Crippen molar-refractivity contribution in [3.63, 3.8) is 0 Å². The number of imide groups is 1. The summed E-state index contributed by atoms with van der Waals surface area (Å²) < 4.78 is 1.88. The third-order valence-electron chi connectivity index (χ3n) is 3.28. The van der Waals surface area contributed by atoms with Crippen LogP contribution in [0.2, 0.25) is 0 Å². The van der Waals surface area contributed by atoms with Gasteiger partial charge in [-0.25, -0.2) is 0 Å². The van der Waals surface area contributed by atoms with Gasteiger partial charge in [0.2, 0.25) is 11.8 Å². The van der Waals surface area contributed by atoms with E-state index >= 15 is 0 Å². The summed E-state index contributed by atoms with van der Waals surface area (Å²) in [5.41, 5.74) is 1.05. The first-order valence-corrected chi connectivity index (χ1v) is 6.18. The minimum absolute atomic E-state index is 0.100. The number of hydrogen-bond acceptors (Lipinski definition) is 4. The Morgan fingerprint density at radius 2 is 2.28 bits per heavy atom. The Morgan fingerprint density at radius 1 is 1.50 bits per heavy atom. The van der Waals surface area contributed by atoms with Gasteiger partial charge in [0.25, 0.3) is 0 Å². The second-order valence-corrected chi connectivity index (χ2v) is 4.40. The molecule has 1 atom stereocenters. The first-order chi connectivity index (χ1) is 8.63. The molecule has 2 heterocycles. The van der Waals surface area contributed by atoms with Crippen LogP contribution in [-0.2, 0) is 22.7 Å². The summed E-state index contributed by atoms with van der Waals surface area (Å²) >= 11 is 0. The van der Waals surface area contributed by atoms with Crippen molar-refractivity contribution in [2.75, 3.05) is 7.05 Å². The molecule has 1 aliphatic heterocycles. The quantitative estimate of drug-likeness (QED) is 0.772. The van der Waals surface area contributed by atoms with Crippen LogP contribution in [0.4, 0.5) is 0 Å². The lowest BCUT2D eigenvalue weighted by molar-refractivity contribution is -0.148. The number of nitrogens with one attached hydrogen (secondary N) is 1. The summed E-state index contributed by atoms with van der Waals surface area (Å²) in [7, 11) is 1.54. The zero-order chi connectivity index (χ0) is 13.1. The molecule has 0 bridgehead atoms. The van der Waals surface area contributed by atoms with Gasteiger partial charge in [0.1, 0.15) is 0 Å². The molecule has 0 aromatic carbocycles. The van der Waals surface area contributed by atoms with Crippen molar-refractivity contribution in [2.24, 2.45) is 0 Å². The van der Waals surface area contributed by atoms with Crippen molar-refractivity contribution in [2.45, 2.75) is 38.9 Å². The molecule has 0 spiro atoms. The predicted molar refractivity (Wildman–Crippen MR) is 65.5 cm³/mol. The van der Waals surface area contributed by atoms with Crippen molar-refractivity contribution < 1.29 is 9.59 Å². The Kier molecular flexibility index (Phi) is 3.76. The van der Waals surface area contributed by atoms with Gasteiger partial charge in [-0.2, -0.15) is 5.10 Å². The number of piperidine rings is 1. The van der Waals surface area contributed by atoms with Gasteiger partial charge in [0.05, 0.1) is 11.7 Å². The van der Waals surface area contributed by atoms with Gasteiger partial charge in [0.15, 0.2) is 0 Å². The number of aromatic nitrogens is 2. The highest BCUT2D eigenvalue weighted by atomic mass is 16.2. The largest absolute Gasteiger partial charge is 0.300 e. The molecule has 1 N–H and O–H groups in total. The lowest BCUT2D eigenvalue weighted by atomic mass is 10.0. The fourth-order valence-corrected chi connectivity index (χ4v) is 2.13. The Labute approximate surface area is 106 Å². The SMILES string of the molecule is CCn1nccc1CNC1CCC(=O)N(C)C1=O. The van der Waals surface area contributed by atoms with Crippen molar-refractivity contribution in [1.82, 2.24) is 20.0 Å². The maximum absolute atomic E-state index is 11.9. The van der Waals surface area contributed by atoms with E-state index in [0.29, 0.717) is 19.4 Å². The van der Waals surface area contributed by atoms with E-state index in [2.05, 4.69) is 10.4 Å². The van der Waals surface area contributed by atoms with Crippen LogP contribution in [0.15, 0.2) is 12.3 Å². The predicted octanol–water partition coefficient (Wildman–Crippen LogP) is 0.140. The summed E-state index contributed by atoms with van der Waals surface area (Å²) in [4.78, 5) is 24.4. The zero-order valence-electron chi connectivity index (χ0n) is 10.7. The highest BCUT2D eigenvalue weighted by Crippen LogP contribution is 2.12. The highest BCUT2D eigenvalue weighted by Gasteiger charge is 2.31. The number of likely N-dealkylation sites (N-methyl/N-ethyl adjacent to an activating group) is 1. The molecule has 18 heavy (non-hydrogen) atoms. The number of amides is 2. The average molecular weight is 250 g/mol. The van der Waals surface area contributed by atoms with Crippen LogP contribution in [0.1, 0.15) is 25.5 Å². The zero-order valence-corrected chi connectivity index (χ0v) is 10.7. The monoisotopic (exact) mass is 250 g/mol. The molecule has 1 saturated heterocycles. The molecule has 0 aliphatic carbocycles. The Balaban J connectivity index is 1.94. The number of rotatable bonds is 4. The second kappa shape index (κ2) is 5.30. The molecular weight excluding hydrogens is 232 g/mol. The van der Waals surface area contributed by atoms with E-state index in [1.54, 1.807) is 6.20 Å². The van der Waals surface area contributed by atoms with Crippen molar-refractivity contribution in [1.29, 1.82) is 0 Å². The lowest BCUT2D eigenvalue weighted by Crippen LogP contribution is -2.51. The number of likely N-dealkylation sites (tertiary alicyclic amines) is 1. The maximum Gasteiger partial charge on any atom is 0.246 e. The number of nitrogens with zero attached hydrogens (tertiary/aromatic N) is 3. The van der Waals surface area contributed by atoms with Crippen molar-refractivity contribution in [3.05, 3.63) is 18.0 Å². The van der Waals surface area contributed by atoms with E-state index in [1.165, 1.54) is 11.9 Å².